The largest absolute Gasteiger partial charge is 0.325 e. The van der Waals surface area contributed by atoms with E-state index in [0.717, 1.165) is 16.7 Å². The van der Waals surface area contributed by atoms with Crippen LogP contribution in [0.3, 0.4) is 0 Å². The Morgan fingerprint density at radius 2 is 1.70 bits per heavy atom. The van der Waals surface area contributed by atoms with E-state index in [1.165, 1.54) is 0 Å². The molecule has 0 saturated heterocycles. The van der Waals surface area contributed by atoms with E-state index < -0.39 is 16.1 Å². The number of thioether (sulfide) groups is 1. The topological polar surface area (TPSA) is 75.3 Å². The fraction of sp³-hybridized carbons (Fsp3) is 0.350. The third-order valence-electron chi connectivity index (χ3n) is 4.33. The van der Waals surface area contributed by atoms with Crippen LogP contribution in [-0.4, -0.2) is 32.4 Å². The lowest BCUT2D eigenvalue weighted by molar-refractivity contribution is -0.117. The van der Waals surface area contributed by atoms with Crippen LogP contribution >= 0.6 is 11.8 Å². The van der Waals surface area contributed by atoms with Crippen LogP contribution < -0.4 is 10.0 Å². The number of carbonyl (C=O) groups excluding carboxylic acids is 1. The molecule has 146 valence electrons. The Hall–Kier alpha value is -1.83. The standard InChI is InChI=1S/C20H26N2O3S2/c1-14-5-9-18(10-6-14)27(24,25)22-19(11-12-26-4)20(23)21-17-8-7-15(2)16(3)13-17/h5-10,13,19,22H,11-12H2,1-4H3,(H,21,23). The molecule has 0 aromatic heterocycles. The van der Waals surface area contributed by atoms with Crippen LogP contribution in [-0.2, 0) is 14.8 Å². The molecule has 0 fully saturated rings. The normalized spacial score (nSPS) is 12.6. The van der Waals surface area contributed by atoms with Crippen LogP contribution in [0.15, 0.2) is 47.4 Å². The van der Waals surface area contributed by atoms with Crippen LogP contribution in [0, 0.1) is 20.8 Å². The molecule has 1 unspecified atom stereocenters. The zero-order valence-corrected chi connectivity index (χ0v) is 17.7. The molecule has 0 bridgehead atoms. The first-order valence-corrected chi connectivity index (χ1v) is 11.6. The molecule has 0 aliphatic carbocycles. The summed E-state index contributed by atoms with van der Waals surface area (Å²) >= 11 is 1.57. The van der Waals surface area contributed by atoms with Gasteiger partial charge in [-0.25, -0.2) is 8.42 Å². The molecular weight excluding hydrogens is 380 g/mol. The van der Waals surface area contributed by atoms with E-state index in [9.17, 15) is 13.2 Å². The molecule has 5 nitrogen and oxygen atoms in total. The predicted molar refractivity (Wildman–Crippen MR) is 113 cm³/mol. The Bertz CT molecular complexity index is 894. The number of sulfonamides is 1. The highest BCUT2D eigenvalue weighted by Crippen LogP contribution is 2.16. The average molecular weight is 407 g/mol. The van der Waals surface area contributed by atoms with Crippen molar-refractivity contribution in [3.05, 3.63) is 59.2 Å². The van der Waals surface area contributed by atoms with E-state index in [2.05, 4.69) is 10.0 Å². The van der Waals surface area contributed by atoms with Crippen molar-refractivity contribution in [2.45, 2.75) is 38.1 Å². The number of benzene rings is 2. The maximum Gasteiger partial charge on any atom is 0.242 e. The first-order valence-electron chi connectivity index (χ1n) is 8.69. The molecule has 1 atom stereocenters. The summed E-state index contributed by atoms with van der Waals surface area (Å²) < 4.78 is 27.9. The Morgan fingerprint density at radius 3 is 2.30 bits per heavy atom. The fourth-order valence-electron chi connectivity index (χ4n) is 2.50. The summed E-state index contributed by atoms with van der Waals surface area (Å²) in [7, 11) is -3.78. The lowest BCUT2D eigenvalue weighted by atomic mass is 10.1. The zero-order valence-electron chi connectivity index (χ0n) is 16.1. The molecule has 7 heteroatoms. The Kier molecular flexibility index (Phi) is 7.47. The number of aryl methyl sites for hydroxylation is 3. The van der Waals surface area contributed by atoms with E-state index in [1.807, 2.05) is 45.2 Å². The monoisotopic (exact) mass is 406 g/mol. The summed E-state index contributed by atoms with van der Waals surface area (Å²) in [6, 6.07) is 11.4. The van der Waals surface area contributed by atoms with Crippen molar-refractivity contribution in [1.29, 1.82) is 0 Å². The second-order valence-electron chi connectivity index (χ2n) is 6.56. The van der Waals surface area contributed by atoms with Gasteiger partial charge in [0.05, 0.1) is 4.90 Å². The highest BCUT2D eigenvalue weighted by molar-refractivity contribution is 7.98. The van der Waals surface area contributed by atoms with Crippen LogP contribution in [0.4, 0.5) is 5.69 Å². The number of rotatable bonds is 8. The summed E-state index contributed by atoms with van der Waals surface area (Å²) in [5.41, 5.74) is 3.83. The van der Waals surface area contributed by atoms with Gasteiger partial charge in [0.25, 0.3) is 0 Å². The second-order valence-corrected chi connectivity index (χ2v) is 9.26. The minimum atomic E-state index is -3.78. The number of nitrogens with one attached hydrogen (secondary N) is 2. The van der Waals surface area contributed by atoms with Crippen LogP contribution in [0.1, 0.15) is 23.1 Å². The molecule has 2 aromatic rings. The van der Waals surface area contributed by atoms with Gasteiger partial charge in [-0.3, -0.25) is 4.79 Å². The molecule has 0 aliphatic rings. The number of hydrogen-bond donors (Lipinski definition) is 2. The third kappa shape index (κ3) is 6.09. The lowest BCUT2D eigenvalue weighted by Gasteiger charge is -2.19. The second kappa shape index (κ2) is 9.39. The van der Waals surface area contributed by atoms with Gasteiger partial charge in [-0.05, 0) is 74.6 Å². The molecule has 0 heterocycles. The van der Waals surface area contributed by atoms with Crippen molar-refractivity contribution in [3.8, 4) is 0 Å². The van der Waals surface area contributed by atoms with E-state index in [0.29, 0.717) is 17.9 Å². The molecular formula is C20H26N2O3S2. The third-order valence-corrected chi connectivity index (χ3v) is 6.46. The van der Waals surface area contributed by atoms with Crippen molar-refractivity contribution >= 4 is 33.4 Å². The van der Waals surface area contributed by atoms with Gasteiger partial charge in [0, 0.05) is 5.69 Å². The highest BCUT2D eigenvalue weighted by atomic mass is 32.2. The predicted octanol–water partition coefficient (Wildman–Crippen LogP) is 3.65. The van der Waals surface area contributed by atoms with E-state index in [1.54, 1.807) is 36.0 Å². The summed E-state index contributed by atoms with van der Waals surface area (Å²) in [5, 5.41) is 2.83. The van der Waals surface area contributed by atoms with Gasteiger partial charge in [0.1, 0.15) is 6.04 Å². The van der Waals surface area contributed by atoms with Crippen molar-refractivity contribution in [3.63, 3.8) is 0 Å². The van der Waals surface area contributed by atoms with Crippen molar-refractivity contribution < 1.29 is 13.2 Å². The van der Waals surface area contributed by atoms with Crippen LogP contribution in [0.25, 0.3) is 0 Å². The lowest BCUT2D eigenvalue weighted by Crippen LogP contribution is -2.44. The van der Waals surface area contributed by atoms with Crippen molar-refractivity contribution in [2.75, 3.05) is 17.3 Å². The zero-order chi connectivity index (χ0) is 20.0. The van der Waals surface area contributed by atoms with E-state index in [-0.39, 0.29) is 10.8 Å². The number of amides is 1. The first kappa shape index (κ1) is 21.5. The molecule has 0 radical (unpaired) electrons. The smallest absolute Gasteiger partial charge is 0.242 e. The Morgan fingerprint density at radius 1 is 1.04 bits per heavy atom. The first-order chi connectivity index (χ1) is 12.7. The number of anilines is 1. The Balaban J connectivity index is 2.18. The van der Waals surface area contributed by atoms with Crippen molar-refractivity contribution in [2.24, 2.45) is 0 Å². The molecule has 0 saturated carbocycles. The summed E-state index contributed by atoms with van der Waals surface area (Å²) in [4.78, 5) is 12.9. The highest BCUT2D eigenvalue weighted by Gasteiger charge is 2.25. The molecule has 27 heavy (non-hydrogen) atoms. The Labute approximate surface area is 166 Å². The van der Waals surface area contributed by atoms with E-state index >= 15 is 0 Å². The molecule has 1 amide bonds. The van der Waals surface area contributed by atoms with Gasteiger partial charge in [-0.1, -0.05) is 23.8 Å². The van der Waals surface area contributed by atoms with Gasteiger partial charge in [-0.15, -0.1) is 0 Å². The number of hydrogen-bond acceptors (Lipinski definition) is 4. The van der Waals surface area contributed by atoms with Crippen molar-refractivity contribution in [1.82, 2.24) is 4.72 Å². The summed E-state index contributed by atoms with van der Waals surface area (Å²) in [5.74, 6) is 0.310. The number of carbonyl (C=O) groups is 1. The molecule has 0 aliphatic heterocycles. The fourth-order valence-corrected chi connectivity index (χ4v) is 4.20. The quantitative estimate of drug-likeness (QED) is 0.702. The van der Waals surface area contributed by atoms with Crippen LogP contribution in [0.2, 0.25) is 0 Å². The van der Waals surface area contributed by atoms with Gasteiger partial charge < -0.3 is 5.32 Å². The summed E-state index contributed by atoms with van der Waals surface area (Å²) in [6.45, 7) is 5.86. The minimum absolute atomic E-state index is 0.154. The van der Waals surface area contributed by atoms with Gasteiger partial charge in [-0.2, -0.15) is 16.5 Å². The maximum atomic E-state index is 12.7. The minimum Gasteiger partial charge on any atom is -0.325 e. The van der Waals surface area contributed by atoms with Crippen LogP contribution in [0.5, 0.6) is 0 Å². The van der Waals surface area contributed by atoms with Gasteiger partial charge >= 0.3 is 0 Å². The SMILES string of the molecule is CSCCC(NS(=O)(=O)c1ccc(C)cc1)C(=O)Nc1ccc(C)c(C)c1. The molecule has 2 N–H and O–H groups in total. The molecule has 0 spiro atoms. The maximum absolute atomic E-state index is 12.7. The molecule has 2 rings (SSSR count). The van der Waals surface area contributed by atoms with Gasteiger partial charge in [0.15, 0.2) is 0 Å². The summed E-state index contributed by atoms with van der Waals surface area (Å²) in [6.07, 6.45) is 2.33. The van der Waals surface area contributed by atoms with E-state index in [4.69, 9.17) is 0 Å². The molecule has 2 aromatic carbocycles. The van der Waals surface area contributed by atoms with Gasteiger partial charge in [0.2, 0.25) is 15.9 Å². The average Bonchev–Trinajstić information content (AvgIpc) is 2.62.